The predicted molar refractivity (Wildman–Crippen MR) is 116 cm³/mol. The fraction of sp³-hybridized carbons (Fsp3) is 0.571. The number of amides is 1. The molecule has 0 saturated carbocycles. The highest BCUT2D eigenvalue weighted by Crippen LogP contribution is 2.32. The molecule has 2 aromatic rings. The van der Waals surface area contributed by atoms with Gasteiger partial charge in [-0.25, -0.2) is 13.1 Å². The molecule has 0 atom stereocenters. The highest BCUT2D eigenvalue weighted by Gasteiger charge is 2.20. The van der Waals surface area contributed by atoms with Crippen molar-refractivity contribution in [3.63, 3.8) is 0 Å². The number of carbonyl (C=O) groups excluding carboxylic acids is 1. The number of rotatable bonds is 11. The van der Waals surface area contributed by atoms with Crippen molar-refractivity contribution in [2.45, 2.75) is 32.2 Å². The van der Waals surface area contributed by atoms with Crippen molar-refractivity contribution in [1.82, 2.24) is 14.6 Å². The molecule has 0 fully saturated rings. The van der Waals surface area contributed by atoms with Gasteiger partial charge in [0.15, 0.2) is 0 Å². The summed E-state index contributed by atoms with van der Waals surface area (Å²) in [7, 11) is -1.49. The standard InChI is InChI=1S/C21H31N3O5S/c1-28-14-11-24-19-6-4-3-5-17(19)18-15-16(7-8-20(18)24)21(25)22-9-12-29-13-10-23-30(2,26)27/h7-8,15,23H,3-6,9-14H2,1-2H3,(H,22,25). The average molecular weight is 438 g/mol. The van der Waals surface area contributed by atoms with E-state index in [1.807, 2.05) is 18.2 Å². The number of hydrogen-bond donors (Lipinski definition) is 2. The van der Waals surface area contributed by atoms with E-state index in [1.165, 1.54) is 24.1 Å². The van der Waals surface area contributed by atoms with E-state index in [-0.39, 0.29) is 19.1 Å². The fourth-order valence-corrected chi connectivity index (χ4v) is 4.41. The Morgan fingerprint density at radius 2 is 1.90 bits per heavy atom. The number of aromatic nitrogens is 1. The Balaban J connectivity index is 1.60. The molecule has 8 nitrogen and oxygen atoms in total. The number of sulfonamides is 1. The lowest BCUT2D eigenvalue weighted by atomic mass is 9.95. The van der Waals surface area contributed by atoms with Crippen LogP contribution in [-0.2, 0) is 38.9 Å². The summed E-state index contributed by atoms with van der Waals surface area (Å²) in [5.41, 5.74) is 4.54. The summed E-state index contributed by atoms with van der Waals surface area (Å²) in [6.07, 6.45) is 5.60. The maximum Gasteiger partial charge on any atom is 0.251 e. The third kappa shape index (κ3) is 5.81. The maximum atomic E-state index is 12.6. The molecule has 0 unspecified atom stereocenters. The van der Waals surface area contributed by atoms with Crippen molar-refractivity contribution < 1.29 is 22.7 Å². The lowest BCUT2D eigenvalue weighted by molar-refractivity contribution is 0.0919. The van der Waals surface area contributed by atoms with E-state index < -0.39 is 10.0 Å². The third-order valence-electron chi connectivity index (χ3n) is 5.30. The van der Waals surface area contributed by atoms with Gasteiger partial charge in [0.2, 0.25) is 10.0 Å². The first-order valence-electron chi connectivity index (χ1n) is 10.3. The van der Waals surface area contributed by atoms with Crippen LogP contribution in [0.3, 0.4) is 0 Å². The van der Waals surface area contributed by atoms with Crippen molar-refractivity contribution in [1.29, 1.82) is 0 Å². The quantitative estimate of drug-likeness (QED) is 0.519. The Kier molecular flexibility index (Phi) is 7.87. The number of fused-ring (bicyclic) bond motifs is 3. The molecule has 0 saturated heterocycles. The van der Waals surface area contributed by atoms with Gasteiger partial charge in [0.1, 0.15) is 0 Å². The number of nitrogens with one attached hydrogen (secondary N) is 2. The van der Waals surface area contributed by atoms with Crippen LogP contribution in [0.25, 0.3) is 10.9 Å². The molecule has 0 radical (unpaired) electrons. The van der Waals surface area contributed by atoms with E-state index >= 15 is 0 Å². The van der Waals surface area contributed by atoms with Crippen LogP contribution in [0.4, 0.5) is 0 Å². The van der Waals surface area contributed by atoms with Gasteiger partial charge in [-0.3, -0.25) is 4.79 Å². The van der Waals surface area contributed by atoms with E-state index in [9.17, 15) is 13.2 Å². The maximum absolute atomic E-state index is 12.6. The van der Waals surface area contributed by atoms with Gasteiger partial charge in [0.25, 0.3) is 5.91 Å². The monoisotopic (exact) mass is 437 g/mol. The average Bonchev–Trinajstić information content (AvgIpc) is 3.03. The topological polar surface area (TPSA) is 98.7 Å². The third-order valence-corrected chi connectivity index (χ3v) is 6.03. The van der Waals surface area contributed by atoms with Crippen LogP contribution in [0.5, 0.6) is 0 Å². The Morgan fingerprint density at radius 1 is 1.13 bits per heavy atom. The van der Waals surface area contributed by atoms with Gasteiger partial charge in [-0.2, -0.15) is 0 Å². The number of hydrogen-bond acceptors (Lipinski definition) is 5. The summed E-state index contributed by atoms with van der Waals surface area (Å²) in [5.74, 6) is -0.135. The summed E-state index contributed by atoms with van der Waals surface area (Å²) < 4.78 is 37.3. The number of aryl methyl sites for hydroxylation is 1. The molecule has 2 N–H and O–H groups in total. The minimum atomic E-state index is -3.20. The SMILES string of the molecule is COCCn1c2c(c3cc(C(=O)NCCOCCNS(C)(=O)=O)ccc31)CCCC2. The van der Waals surface area contributed by atoms with Crippen LogP contribution in [0.1, 0.15) is 34.5 Å². The molecule has 0 aliphatic heterocycles. The van der Waals surface area contributed by atoms with Gasteiger partial charge in [-0.1, -0.05) is 0 Å². The Morgan fingerprint density at radius 3 is 2.67 bits per heavy atom. The van der Waals surface area contributed by atoms with Gasteiger partial charge in [0, 0.05) is 48.9 Å². The zero-order chi connectivity index (χ0) is 21.6. The van der Waals surface area contributed by atoms with Gasteiger partial charge in [-0.05, 0) is 49.4 Å². The minimum Gasteiger partial charge on any atom is -0.383 e. The molecule has 1 aliphatic rings. The van der Waals surface area contributed by atoms with Crippen molar-refractivity contribution in [3.05, 3.63) is 35.0 Å². The lowest BCUT2D eigenvalue weighted by Crippen LogP contribution is -2.29. The molecular weight excluding hydrogens is 406 g/mol. The number of methoxy groups -OCH3 is 1. The van der Waals surface area contributed by atoms with Crippen LogP contribution in [0.2, 0.25) is 0 Å². The van der Waals surface area contributed by atoms with Gasteiger partial charge < -0.3 is 19.4 Å². The van der Waals surface area contributed by atoms with E-state index in [0.717, 1.165) is 36.5 Å². The molecule has 166 valence electrons. The summed E-state index contributed by atoms with van der Waals surface area (Å²) in [5, 5.41) is 4.03. The molecule has 1 amide bonds. The largest absolute Gasteiger partial charge is 0.383 e. The molecule has 30 heavy (non-hydrogen) atoms. The second-order valence-corrected chi connectivity index (χ2v) is 9.38. The van der Waals surface area contributed by atoms with Crippen molar-refractivity contribution >= 4 is 26.8 Å². The smallest absolute Gasteiger partial charge is 0.251 e. The normalized spacial score (nSPS) is 14.1. The first-order valence-corrected chi connectivity index (χ1v) is 12.2. The van der Waals surface area contributed by atoms with E-state index in [0.29, 0.717) is 25.3 Å². The lowest BCUT2D eigenvalue weighted by Gasteiger charge is -2.15. The number of ether oxygens (including phenoxy) is 2. The zero-order valence-electron chi connectivity index (χ0n) is 17.7. The van der Waals surface area contributed by atoms with Crippen molar-refractivity contribution in [2.24, 2.45) is 0 Å². The Labute approximate surface area is 178 Å². The number of benzene rings is 1. The highest BCUT2D eigenvalue weighted by atomic mass is 32.2. The summed E-state index contributed by atoms with van der Waals surface area (Å²) in [4.78, 5) is 12.6. The van der Waals surface area contributed by atoms with Crippen molar-refractivity contribution in [3.8, 4) is 0 Å². The molecule has 1 aromatic carbocycles. The molecule has 3 rings (SSSR count). The highest BCUT2D eigenvalue weighted by molar-refractivity contribution is 7.88. The van der Waals surface area contributed by atoms with Crippen LogP contribution >= 0.6 is 0 Å². The Bertz CT molecular complexity index is 984. The summed E-state index contributed by atoms with van der Waals surface area (Å²) in [6, 6.07) is 5.89. The molecule has 0 spiro atoms. The molecule has 0 bridgehead atoms. The first-order chi connectivity index (χ1) is 14.4. The number of carbonyl (C=O) groups is 1. The van der Waals surface area contributed by atoms with E-state index in [1.54, 1.807) is 7.11 Å². The molecule has 9 heteroatoms. The van der Waals surface area contributed by atoms with E-state index in [4.69, 9.17) is 9.47 Å². The molecule has 1 heterocycles. The van der Waals surface area contributed by atoms with Crippen LogP contribution < -0.4 is 10.0 Å². The Hall–Kier alpha value is -1.94. The fourth-order valence-electron chi connectivity index (χ4n) is 3.96. The first kappa shape index (κ1) is 22.7. The van der Waals surface area contributed by atoms with Crippen molar-refractivity contribution in [2.75, 3.05) is 46.3 Å². The second-order valence-electron chi connectivity index (χ2n) is 7.54. The van der Waals surface area contributed by atoms with Gasteiger partial charge >= 0.3 is 0 Å². The number of nitrogens with zero attached hydrogens (tertiary/aromatic N) is 1. The van der Waals surface area contributed by atoms with Crippen LogP contribution in [0.15, 0.2) is 18.2 Å². The second kappa shape index (κ2) is 10.4. The van der Waals surface area contributed by atoms with Gasteiger partial charge in [0.05, 0.1) is 26.1 Å². The van der Waals surface area contributed by atoms with E-state index in [2.05, 4.69) is 14.6 Å². The summed E-state index contributed by atoms with van der Waals surface area (Å²) in [6.45, 7) is 2.65. The predicted octanol–water partition coefficient (Wildman–Crippen LogP) is 1.46. The zero-order valence-corrected chi connectivity index (χ0v) is 18.5. The van der Waals surface area contributed by atoms with Crippen LogP contribution in [-0.4, -0.2) is 65.2 Å². The van der Waals surface area contributed by atoms with Gasteiger partial charge in [-0.15, -0.1) is 0 Å². The molecule has 1 aliphatic carbocycles. The molecular formula is C21H31N3O5S. The summed E-state index contributed by atoms with van der Waals surface area (Å²) >= 11 is 0. The molecule has 1 aromatic heterocycles. The van der Waals surface area contributed by atoms with Crippen LogP contribution in [0, 0.1) is 0 Å². The minimum absolute atomic E-state index is 0.135.